The second-order valence-corrected chi connectivity index (χ2v) is 3.77. The minimum Gasteiger partial charge on any atom is -0.292 e. The van der Waals surface area contributed by atoms with E-state index in [4.69, 9.17) is 12.8 Å². The number of hydrazine groups is 1. The van der Waals surface area contributed by atoms with Crippen LogP contribution in [0.4, 0.5) is 5.69 Å². The van der Waals surface area contributed by atoms with Crippen molar-refractivity contribution in [1.82, 2.24) is 5.01 Å². The van der Waals surface area contributed by atoms with Gasteiger partial charge in [-0.15, -0.1) is 12.8 Å². The average molecular weight is 222 g/mol. The van der Waals surface area contributed by atoms with Crippen molar-refractivity contribution in [1.29, 1.82) is 0 Å². The molecule has 1 aliphatic heterocycles. The summed E-state index contributed by atoms with van der Waals surface area (Å²) in [5.74, 6) is 5.35. The van der Waals surface area contributed by atoms with Gasteiger partial charge in [-0.2, -0.15) is 0 Å². The highest BCUT2D eigenvalue weighted by Crippen LogP contribution is 2.25. The molecular weight excluding hydrogens is 208 g/mol. The van der Waals surface area contributed by atoms with Crippen LogP contribution in [0.25, 0.3) is 6.08 Å². The van der Waals surface area contributed by atoms with Crippen LogP contribution in [0.3, 0.4) is 0 Å². The lowest BCUT2D eigenvalue weighted by molar-refractivity contribution is 0.322. The van der Waals surface area contributed by atoms with Crippen LogP contribution in [-0.2, 0) is 0 Å². The molecule has 1 aliphatic rings. The van der Waals surface area contributed by atoms with Crippen LogP contribution in [0.5, 0.6) is 0 Å². The van der Waals surface area contributed by atoms with E-state index in [9.17, 15) is 0 Å². The molecular formula is C15H14N2. The predicted octanol–water partition coefficient (Wildman–Crippen LogP) is 2.00. The molecule has 0 atom stereocenters. The Balaban J connectivity index is 2.41. The normalized spacial score (nSPS) is 14.6. The quantitative estimate of drug-likeness (QED) is 0.706. The van der Waals surface area contributed by atoms with Gasteiger partial charge in [-0.1, -0.05) is 42.2 Å². The van der Waals surface area contributed by atoms with E-state index in [0.29, 0.717) is 13.1 Å². The molecule has 84 valence electrons. The second kappa shape index (κ2) is 5.25. The Bertz CT molecular complexity index is 502. The van der Waals surface area contributed by atoms with E-state index in [1.807, 2.05) is 12.1 Å². The minimum absolute atomic E-state index is 0.528. The second-order valence-electron chi connectivity index (χ2n) is 3.77. The van der Waals surface area contributed by atoms with Crippen molar-refractivity contribution in [2.24, 2.45) is 0 Å². The van der Waals surface area contributed by atoms with Crippen LogP contribution in [0.2, 0.25) is 0 Å². The maximum Gasteiger partial charge on any atom is 0.0953 e. The predicted molar refractivity (Wildman–Crippen MR) is 72.1 cm³/mol. The van der Waals surface area contributed by atoms with Crippen molar-refractivity contribution in [3.8, 4) is 24.7 Å². The van der Waals surface area contributed by atoms with Gasteiger partial charge >= 0.3 is 0 Å². The molecule has 0 spiro atoms. The Hall–Kier alpha value is -2.16. The first kappa shape index (κ1) is 11.3. The van der Waals surface area contributed by atoms with Gasteiger partial charge in [-0.3, -0.25) is 5.01 Å². The SMILES string of the molecule is C#CCN1CC=Cc2ccccc2N1CC#C. The Morgan fingerprint density at radius 2 is 1.88 bits per heavy atom. The molecule has 2 heteroatoms. The summed E-state index contributed by atoms with van der Waals surface area (Å²) in [4.78, 5) is 0. The topological polar surface area (TPSA) is 6.48 Å². The monoisotopic (exact) mass is 222 g/mol. The fraction of sp³-hybridized carbons (Fsp3) is 0.200. The van der Waals surface area contributed by atoms with Crippen LogP contribution in [0, 0.1) is 24.7 Å². The van der Waals surface area contributed by atoms with E-state index in [1.54, 1.807) is 0 Å². The van der Waals surface area contributed by atoms with Crippen LogP contribution in [0.15, 0.2) is 30.3 Å². The summed E-state index contributed by atoms with van der Waals surface area (Å²) < 4.78 is 0. The Labute approximate surface area is 103 Å². The third kappa shape index (κ3) is 2.33. The number of terminal acetylenes is 2. The maximum atomic E-state index is 5.44. The number of para-hydroxylation sites is 1. The van der Waals surface area contributed by atoms with Gasteiger partial charge in [-0.05, 0) is 11.6 Å². The number of fused-ring (bicyclic) bond motifs is 1. The largest absolute Gasteiger partial charge is 0.292 e. The van der Waals surface area contributed by atoms with Gasteiger partial charge < -0.3 is 0 Å². The highest BCUT2D eigenvalue weighted by atomic mass is 15.6. The van der Waals surface area contributed by atoms with E-state index < -0.39 is 0 Å². The molecule has 0 aromatic heterocycles. The zero-order chi connectivity index (χ0) is 12.1. The molecule has 0 bridgehead atoms. The number of hydrogen-bond donors (Lipinski definition) is 0. The van der Waals surface area contributed by atoms with Gasteiger partial charge in [0.1, 0.15) is 0 Å². The van der Waals surface area contributed by atoms with Crippen LogP contribution < -0.4 is 5.01 Å². The molecule has 0 saturated carbocycles. The summed E-state index contributed by atoms with van der Waals surface area (Å²) in [6.45, 7) is 1.86. The van der Waals surface area contributed by atoms with Gasteiger partial charge in [-0.25, -0.2) is 5.01 Å². The molecule has 0 fully saturated rings. The molecule has 0 aliphatic carbocycles. The highest BCUT2D eigenvalue weighted by molar-refractivity contribution is 5.68. The number of rotatable bonds is 2. The molecule has 0 unspecified atom stereocenters. The number of hydrogen-bond acceptors (Lipinski definition) is 2. The van der Waals surface area contributed by atoms with E-state index in [-0.39, 0.29) is 0 Å². The van der Waals surface area contributed by atoms with Crippen LogP contribution in [-0.4, -0.2) is 24.6 Å². The Kier molecular flexibility index (Phi) is 3.50. The maximum absolute atomic E-state index is 5.44. The van der Waals surface area contributed by atoms with E-state index >= 15 is 0 Å². The molecule has 0 N–H and O–H groups in total. The molecule has 2 nitrogen and oxygen atoms in total. The van der Waals surface area contributed by atoms with Gasteiger partial charge in [0.05, 0.1) is 18.8 Å². The van der Waals surface area contributed by atoms with Crippen molar-refractivity contribution in [2.75, 3.05) is 24.6 Å². The van der Waals surface area contributed by atoms with E-state index in [1.165, 1.54) is 5.56 Å². The highest BCUT2D eigenvalue weighted by Gasteiger charge is 2.17. The summed E-state index contributed by atoms with van der Waals surface area (Å²) in [5, 5.41) is 4.14. The molecule has 0 radical (unpaired) electrons. The average Bonchev–Trinajstić information content (AvgIpc) is 2.51. The molecule has 2 rings (SSSR count). The first-order chi connectivity index (χ1) is 8.36. The standard InChI is InChI=1S/C15H14N2/c1-3-11-16-13-7-9-14-8-5-6-10-15(14)17(16)12-4-2/h1-2,5-10H,11-13H2. The summed E-state index contributed by atoms with van der Waals surface area (Å²) in [6, 6.07) is 8.17. The summed E-state index contributed by atoms with van der Waals surface area (Å²) >= 11 is 0. The molecule has 17 heavy (non-hydrogen) atoms. The number of anilines is 1. The van der Waals surface area contributed by atoms with Gasteiger partial charge in [0.2, 0.25) is 0 Å². The van der Waals surface area contributed by atoms with Crippen molar-refractivity contribution in [2.45, 2.75) is 0 Å². The summed E-state index contributed by atoms with van der Waals surface area (Å²) in [5.41, 5.74) is 2.27. The number of nitrogens with zero attached hydrogens (tertiary/aromatic N) is 2. The number of benzene rings is 1. The first-order valence-corrected chi connectivity index (χ1v) is 5.51. The molecule has 0 amide bonds. The van der Waals surface area contributed by atoms with Crippen LogP contribution in [0.1, 0.15) is 5.56 Å². The third-order valence-electron chi connectivity index (χ3n) is 2.68. The summed E-state index contributed by atoms with van der Waals surface area (Å²) in [7, 11) is 0. The van der Waals surface area contributed by atoms with Crippen molar-refractivity contribution in [3.05, 3.63) is 35.9 Å². The lowest BCUT2D eigenvalue weighted by Gasteiger charge is -2.33. The van der Waals surface area contributed by atoms with Crippen molar-refractivity contribution < 1.29 is 0 Å². The smallest absolute Gasteiger partial charge is 0.0953 e. The lowest BCUT2D eigenvalue weighted by atomic mass is 10.1. The van der Waals surface area contributed by atoms with Crippen molar-refractivity contribution >= 4 is 11.8 Å². The van der Waals surface area contributed by atoms with Crippen LogP contribution >= 0.6 is 0 Å². The van der Waals surface area contributed by atoms with Gasteiger partial charge in [0, 0.05) is 6.54 Å². The molecule has 0 saturated heterocycles. The van der Waals surface area contributed by atoms with Gasteiger partial charge in [0.25, 0.3) is 0 Å². The first-order valence-electron chi connectivity index (χ1n) is 5.51. The fourth-order valence-corrected chi connectivity index (χ4v) is 1.94. The van der Waals surface area contributed by atoms with E-state index in [0.717, 1.165) is 12.2 Å². The zero-order valence-corrected chi connectivity index (χ0v) is 9.63. The zero-order valence-electron chi connectivity index (χ0n) is 9.63. The van der Waals surface area contributed by atoms with Crippen molar-refractivity contribution in [3.63, 3.8) is 0 Å². The lowest BCUT2D eigenvalue weighted by Crippen LogP contribution is -2.43. The summed E-state index contributed by atoms with van der Waals surface area (Å²) in [6.07, 6.45) is 15.0. The molecule has 1 aromatic rings. The van der Waals surface area contributed by atoms with Gasteiger partial charge in [0.15, 0.2) is 0 Å². The minimum atomic E-state index is 0.528. The Morgan fingerprint density at radius 1 is 1.12 bits per heavy atom. The molecule has 1 aromatic carbocycles. The fourth-order valence-electron chi connectivity index (χ4n) is 1.94. The Morgan fingerprint density at radius 3 is 2.65 bits per heavy atom. The van der Waals surface area contributed by atoms with E-state index in [2.05, 4.69) is 46.1 Å². The molecule has 1 heterocycles. The third-order valence-corrected chi connectivity index (χ3v) is 2.68.